The van der Waals surface area contributed by atoms with E-state index in [1.807, 2.05) is 36.4 Å². The summed E-state index contributed by atoms with van der Waals surface area (Å²) >= 11 is 0. The van der Waals surface area contributed by atoms with Gasteiger partial charge in [0, 0.05) is 17.8 Å². The summed E-state index contributed by atoms with van der Waals surface area (Å²) in [6.07, 6.45) is 5.95. The van der Waals surface area contributed by atoms with Crippen LogP contribution in [0.1, 0.15) is 66.0 Å². The molecule has 5 heteroatoms. The van der Waals surface area contributed by atoms with E-state index in [2.05, 4.69) is 73.0 Å². The van der Waals surface area contributed by atoms with Crippen molar-refractivity contribution in [1.29, 1.82) is 5.26 Å². The topological polar surface area (TPSA) is 74.1 Å². The number of carbonyl (C=O) groups excluding carboxylic acids is 1. The minimum atomic E-state index is -0.742. The van der Waals surface area contributed by atoms with E-state index in [1.165, 1.54) is 29.5 Å². The summed E-state index contributed by atoms with van der Waals surface area (Å²) in [5.74, 6) is 0.189. The Morgan fingerprint density at radius 3 is 2.44 bits per heavy atom. The number of nitrogens with zero attached hydrogens (tertiary/aromatic N) is 1. The van der Waals surface area contributed by atoms with Gasteiger partial charge in [-0.15, -0.1) is 0 Å². The number of nitriles is 1. The molecule has 5 rings (SSSR count). The monoisotopic (exact) mass is 517 g/mol. The maximum absolute atomic E-state index is 12.6. The molecule has 2 N–H and O–H groups in total. The molecule has 1 atom stereocenters. The molecule has 3 aromatic carbocycles. The highest BCUT2D eigenvalue weighted by molar-refractivity contribution is 5.89. The lowest BCUT2D eigenvalue weighted by molar-refractivity contribution is -0.127. The molecule has 39 heavy (non-hydrogen) atoms. The average Bonchev–Trinajstić information content (AvgIpc) is 2.98. The maximum atomic E-state index is 12.6. The van der Waals surface area contributed by atoms with E-state index in [-0.39, 0.29) is 12.5 Å². The van der Waals surface area contributed by atoms with Gasteiger partial charge in [-0.1, -0.05) is 80.6 Å². The predicted octanol–water partition coefficient (Wildman–Crippen LogP) is 6.27. The number of allylic oxidation sites excluding steroid dienone is 2. The second kappa shape index (κ2) is 12.1. The predicted molar refractivity (Wildman–Crippen MR) is 155 cm³/mol. The summed E-state index contributed by atoms with van der Waals surface area (Å²) in [4.78, 5) is 12.6. The minimum Gasteiger partial charge on any atom is -0.355 e. The molecule has 198 valence electrons. The summed E-state index contributed by atoms with van der Waals surface area (Å²) in [7, 11) is 0. The Morgan fingerprint density at radius 2 is 1.72 bits per heavy atom. The van der Waals surface area contributed by atoms with E-state index in [1.54, 1.807) is 0 Å². The van der Waals surface area contributed by atoms with Gasteiger partial charge in [-0.25, -0.2) is 0 Å². The fourth-order valence-electron chi connectivity index (χ4n) is 5.22. The van der Waals surface area contributed by atoms with Crippen molar-refractivity contribution in [2.45, 2.75) is 58.2 Å². The van der Waals surface area contributed by atoms with Crippen molar-refractivity contribution in [2.75, 3.05) is 6.61 Å². The Morgan fingerprint density at radius 1 is 1.00 bits per heavy atom. The fourth-order valence-corrected chi connectivity index (χ4v) is 5.22. The average molecular weight is 518 g/mol. The van der Waals surface area contributed by atoms with Crippen LogP contribution in [0.5, 0.6) is 0 Å². The van der Waals surface area contributed by atoms with Gasteiger partial charge in [0.1, 0.15) is 12.7 Å². The Hall–Kier alpha value is -4.14. The number of carbonyl (C=O) groups is 1. The van der Waals surface area contributed by atoms with E-state index >= 15 is 0 Å². The summed E-state index contributed by atoms with van der Waals surface area (Å²) < 4.78 is 6.07. The number of benzene rings is 3. The van der Waals surface area contributed by atoms with Crippen LogP contribution in [-0.4, -0.2) is 18.7 Å². The molecule has 0 aromatic heterocycles. The van der Waals surface area contributed by atoms with Crippen LogP contribution < -0.4 is 10.6 Å². The second-order valence-corrected chi connectivity index (χ2v) is 10.6. The van der Waals surface area contributed by atoms with Gasteiger partial charge >= 0.3 is 0 Å². The summed E-state index contributed by atoms with van der Waals surface area (Å²) in [6, 6.07) is 27.1. The van der Waals surface area contributed by atoms with Gasteiger partial charge < -0.3 is 15.4 Å². The molecule has 0 saturated carbocycles. The molecule has 0 radical (unpaired) electrons. The number of hydrogen-bond donors (Lipinski definition) is 2. The molecule has 1 aliphatic carbocycles. The Labute approximate surface area is 231 Å². The number of rotatable bonds is 8. The maximum Gasteiger partial charge on any atom is 0.246 e. The van der Waals surface area contributed by atoms with E-state index in [0.29, 0.717) is 18.0 Å². The highest BCUT2D eigenvalue weighted by Crippen LogP contribution is 2.33. The van der Waals surface area contributed by atoms with E-state index in [0.717, 1.165) is 40.8 Å². The van der Waals surface area contributed by atoms with Crippen LogP contribution in [0.25, 0.3) is 11.3 Å². The van der Waals surface area contributed by atoms with Gasteiger partial charge in [0.05, 0.1) is 5.57 Å². The molecule has 5 nitrogen and oxygen atoms in total. The van der Waals surface area contributed by atoms with Crippen molar-refractivity contribution in [3.63, 3.8) is 0 Å². The molecule has 1 aliphatic heterocycles. The molecule has 0 saturated heterocycles. The first-order valence-corrected chi connectivity index (χ1v) is 13.8. The van der Waals surface area contributed by atoms with Crippen molar-refractivity contribution < 1.29 is 9.53 Å². The highest BCUT2D eigenvalue weighted by Gasteiger charge is 2.27. The number of ether oxygens (including phenoxy) is 1. The third kappa shape index (κ3) is 6.30. The lowest BCUT2D eigenvalue weighted by Crippen LogP contribution is -2.38. The number of hydrogen-bond acceptors (Lipinski definition) is 4. The van der Waals surface area contributed by atoms with Gasteiger partial charge in [-0.2, -0.15) is 5.26 Å². The van der Waals surface area contributed by atoms with E-state index in [4.69, 9.17) is 4.74 Å². The SMILES string of the molecule is CC(C)c1ccc(C2=C(C#N)C(OCC(=O)NCc3ccccc3)NC(c3ccc4c(c3)CCCC4)=C2)cc1. The van der Waals surface area contributed by atoms with Gasteiger partial charge in [0.15, 0.2) is 6.23 Å². The molecule has 1 heterocycles. The van der Waals surface area contributed by atoms with Crippen molar-refractivity contribution in [2.24, 2.45) is 0 Å². The third-order valence-corrected chi connectivity index (χ3v) is 7.51. The normalized spacial score (nSPS) is 16.7. The van der Waals surface area contributed by atoms with Crippen LogP contribution in [0.2, 0.25) is 0 Å². The van der Waals surface area contributed by atoms with Crippen LogP contribution in [0.15, 0.2) is 84.4 Å². The summed E-state index contributed by atoms with van der Waals surface area (Å²) in [5.41, 5.74) is 9.25. The van der Waals surface area contributed by atoms with Crippen LogP contribution in [-0.2, 0) is 28.9 Å². The molecule has 0 bridgehead atoms. The molecule has 0 spiro atoms. The van der Waals surface area contributed by atoms with Crippen LogP contribution >= 0.6 is 0 Å². The summed E-state index contributed by atoms with van der Waals surface area (Å²) in [6.45, 7) is 4.60. The zero-order valence-corrected chi connectivity index (χ0v) is 22.7. The number of aryl methyl sites for hydroxylation is 2. The van der Waals surface area contributed by atoms with Crippen LogP contribution in [0, 0.1) is 11.3 Å². The highest BCUT2D eigenvalue weighted by atomic mass is 16.5. The van der Waals surface area contributed by atoms with Crippen molar-refractivity contribution in [1.82, 2.24) is 10.6 Å². The largest absolute Gasteiger partial charge is 0.355 e. The zero-order valence-electron chi connectivity index (χ0n) is 22.7. The smallest absolute Gasteiger partial charge is 0.246 e. The molecule has 1 unspecified atom stereocenters. The second-order valence-electron chi connectivity index (χ2n) is 10.6. The van der Waals surface area contributed by atoms with Gasteiger partial charge in [0.2, 0.25) is 5.91 Å². The first-order valence-electron chi connectivity index (χ1n) is 13.8. The first-order chi connectivity index (χ1) is 19.0. The quantitative estimate of drug-likeness (QED) is 0.369. The molecular weight excluding hydrogens is 482 g/mol. The van der Waals surface area contributed by atoms with Crippen LogP contribution in [0.4, 0.5) is 0 Å². The number of dihydropyridines is 1. The van der Waals surface area contributed by atoms with E-state index < -0.39 is 6.23 Å². The Bertz CT molecular complexity index is 1430. The number of fused-ring (bicyclic) bond motifs is 1. The molecule has 1 amide bonds. The van der Waals surface area contributed by atoms with Crippen molar-refractivity contribution in [3.8, 4) is 6.07 Å². The summed E-state index contributed by atoms with van der Waals surface area (Å²) in [5, 5.41) is 16.5. The lowest BCUT2D eigenvalue weighted by Gasteiger charge is -2.28. The van der Waals surface area contributed by atoms with Crippen LogP contribution in [0.3, 0.4) is 0 Å². The Balaban J connectivity index is 1.42. The minimum absolute atomic E-state index is 0.160. The van der Waals surface area contributed by atoms with Gasteiger partial charge in [0.25, 0.3) is 0 Å². The molecule has 3 aromatic rings. The lowest BCUT2D eigenvalue weighted by atomic mass is 9.88. The standard InChI is InChI=1S/C34H35N3O2/c1-23(2)25-12-15-27(16-13-25)30-19-32(29-17-14-26-10-6-7-11-28(26)18-29)37-34(31(30)20-35)39-22-33(38)36-21-24-8-4-3-5-9-24/h3-5,8-9,12-19,23,34,37H,6-7,10-11,21-22H2,1-2H3,(H,36,38). The van der Waals surface area contributed by atoms with Crippen molar-refractivity contribution >= 4 is 17.2 Å². The van der Waals surface area contributed by atoms with Crippen molar-refractivity contribution in [3.05, 3.63) is 118 Å². The fraction of sp³-hybridized carbons (Fsp3) is 0.294. The first kappa shape index (κ1) is 26.5. The molecule has 0 fully saturated rings. The van der Waals surface area contributed by atoms with Gasteiger partial charge in [-0.05, 0) is 77.1 Å². The molecule has 2 aliphatic rings. The number of nitrogens with one attached hydrogen (secondary N) is 2. The third-order valence-electron chi connectivity index (χ3n) is 7.51. The Kier molecular flexibility index (Phi) is 8.24. The zero-order chi connectivity index (χ0) is 27.2. The molecular formula is C34H35N3O2. The van der Waals surface area contributed by atoms with E-state index in [9.17, 15) is 10.1 Å². The number of amides is 1. The van der Waals surface area contributed by atoms with Gasteiger partial charge in [-0.3, -0.25) is 4.79 Å².